The van der Waals surface area contributed by atoms with Crippen molar-refractivity contribution in [1.82, 2.24) is 0 Å². The zero-order valence-electron chi connectivity index (χ0n) is 10.0. The summed E-state index contributed by atoms with van der Waals surface area (Å²) in [5.41, 5.74) is 0. The van der Waals surface area contributed by atoms with Gasteiger partial charge < -0.3 is 13.3 Å². The smallest absolute Gasteiger partial charge is 0.376 e. The highest BCUT2D eigenvalue weighted by molar-refractivity contribution is 6.36. The van der Waals surface area contributed by atoms with Crippen molar-refractivity contribution in [3.8, 4) is 0 Å². The summed E-state index contributed by atoms with van der Waals surface area (Å²) in [4.78, 5) is 0. The van der Waals surface area contributed by atoms with E-state index >= 15 is 0 Å². The van der Waals surface area contributed by atoms with Crippen LogP contribution in [0.15, 0.2) is 12.7 Å². The third-order valence-electron chi connectivity index (χ3n) is 1.85. The van der Waals surface area contributed by atoms with Gasteiger partial charge in [0.25, 0.3) is 0 Å². The average Bonchev–Trinajstić information content (AvgIpc) is 2.25. The van der Waals surface area contributed by atoms with Crippen LogP contribution in [0.1, 0.15) is 39.5 Å². The van der Waals surface area contributed by atoms with E-state index in [1.165, 1.54) is 0 Å². The Morgan fingerprint density at radius 3 is 1.93 bits per heavy atom. The van der Waals surface area contributed by atoms with Gasteiger partial charge in [0.1, 0.15) is 0 Å². The van der Waals surface area contributed by atoms with Crippen LogP contribution in [0, 0.1) is 0 Å². The zero-order valence-corrected chi connectivity index (χ0v) is 11.2. The molecule has 0 aromatic rings. The molecule has 15 heavy (non-hydrogen) atoms. The minimum atomic E-state index is -1.89. The van der Waals surface area contributed by atoms with Crippen LogP contribution < -0.4 is 0 Å². The van der Waals surface area contributed by atoms with Crippen molar-refractivity contribution in [2.24, 2.45) is 0 Å². The van der Waals surface area contributed by atoms with E-state index in [1.807, 2.05) is 0 Å². The van der Waals surface area contributed by atoms with Crippen LogP contribution in [-0.4, -0.2) is 29.3 Å². The molecule has 0 aromatic heterocycles. The molecule has 3 nitrogen and oxygen atoms in total. The Hall–Kier alpha value is -0.163. The Morgan fingerprint density at radius 1 is 1.00 bits per heavy atom. The van der Waals surface area contributed by atoms with Crippen LogP contribution in [0.2, 0.25) is 0 Å². The van der Waals surface area contributed by atoms with Crippen LogP contribution >= 0.6 is 0 Å². The maximum atomic E-state index is 5.58. The molecule has 0 amide bonds. The van der Waals surface area contributed by atoms with Crippen LogP contribution in [0.25, 0.3) is 0 Å². The van der Waals surface area contributed by atoms with Gasteiger partial charge in [0.15, 0.2) is 0 Å². The summed E-state index contributed by atoms with van der Waals surface area (Å²) >= 11 is 0. The Bertz CT molecular complexity index is 132. The molecule has 0 saturated heterocycles. The number of hydrogen-bond acceptors (Lipinski definition) is 3. The van der Waals surface area contributed by atoms with Crippen molar-refractivity contribution in [3.05, 3.63) is 12.7 Å². The summed E-state index contributed by atoms with van der Waals surface area (Å²) in [6.45, 7) is 9.91. The van der Waals surface area contributed by atoms with Gasteiger partial charge in [-0.2, -0.15) is 0 Å². The maximum absolute atomic E-state index is 5.58. The minimum absolute atomic E-state index is 0.523. The maximum Gasteiger partial charge on any atom is 0.484 e. The Morgan fingerprint density at radius 2 is 1.53 bits per heavy atom. The standard InChI is InChI=1S/C11H24O3Si/c1-4-7-10-13-15(12-9-6-3)14-11-8-5-2/h6,15H,3-5,7-11H2,1-2H3. The Balaban J connectivity index is 3.57. The molecule has 0 atom stereocenters. The van der Waals surface area contributed by atoms with Crippen LogP contribution in [-0.2, 0) is 13.3 Å². The number of hydrogen-bond donors (Lipinski definition) is 0. The summed E-state index contributed by atoms with van der Waals surface area (Å²) in [7, 11) is -1.89. The molecule has 0 fully saturated rings. The van der Waals surface area contributed by atoms with Gasteiger partial charge in [0.05, 0.1) is 6.61 Å². The predicted octanol–water partition coefficient (Wildman–Crippen LogP) is 2.54. The molecular weight excluding hydrogens is 208 g/mol. The quantitative estimate of drug-likeness (QED) is 0.311. The van der Waals surface area contributed by atoms with E-state index in [0.717, 1.165) is 38.9 Å². The van der Waals surface area contributed by atoms with Crippen molar-refractivity contribution < 1.29 is 13.3 Å². The third kappa shape index (κ3) is 10.1. The predicted molar refractivity (Wildman–Crippen MR) is 65.0 cm³/mol. The van der Waals surface area contributed by atoms with Gasteiger partial charge in [-0.15, -0.1) is 6.58 Å². The second-order valence-corrected chi connectivity index (χ2v) is 4.94. The topological polar surface area (TPSA) is 27.7 Å². The molecule has 0 N–H and O–H groups in total. The lowest BCUT2D eigenvalue weighted by Gasteiger charge is -2.15. The fraction of sp³-hybridized carbons (Fsp3) is 0.818. The second-order valence-electron chi connectivity index (χ2n) is 3.36. The van der Waals surface area contributed by atoms with Gasteiger partial charge in [-0.25, -0.2) is 0 Å². The van der Waals surface area contributed by atoms with E-state index in [-0.39, 0.29) is 0 Å². The van der Waals surface area contributed by atoms with Crippen molar-refractivity contribution in [1.29, 1.82) is 0 Å². The summed E-state index contributed by atoms with van der Waals surface area (Å²) in [5, 5.41) is 0. The largest absolute Gasteiger partial charge is 0.484 e. The highest BCUT2D eigenvalue weighted by atomic mass is 28.3. The van der Waals surface area contributed by atoms with E-state index in [1.54, 1.807) is 6.08 Å². The van der Waals surface area contributed by atoms with Crippen molar-refractivity contribution in [2.75, 3.05) is 19.8 Å². The highest BCUT2D eigenvalue weighted by Gasteiger charge is 2.13. The van der Waals surface area contributed by atoms with Gasteiger partial charge in [-0.05, 0) is 12.8 Å². The molecule has 0 aliphatic rings. The molecule has 0 aliphatic heterocycles. The first-order chi connectivity index (χ1) is 7.35. The van der Waals surface area contributed by atoms with Crippen molar-refractivity contribution in [3.63, 3.8) is 0 Å². The SMILES string of the molecule is C=CCO[SiH](OCCCC)OCCCC. The normalized spacial score (nSPS) is 10.9. The first-order valence-electron chi connectivity index (χ1n) is 5.80. The van der Waals surface area contributed by atoms with Crippen molar-refractivity contribution >= 4 is 9.53 Å². The monoisotopic (exact) mass is 232 g/mol. The van der Waals surface area contributed by atoms with Gasteiger partial charge in [-0.1, -0.05) is 32.8 Å². The van der Waals surface area contributed by atoms with Crippen LogP contribution in [0.3, 0.4) is 0 Å². The molecule has 0 rings (SSSR count). The van der Waals surface area contributed by atoms with E-state index in [2.05, 4.69) is 20.4 Å². The fourth-order valence-corrected chi connectivity index (χ4v) is 2.24. The first-order valence-corrected chi connectivity index (χ1v) is 7.22. The van der Waals surface area contributed by atoms with Crippen molar-refractivity contribution in [2.45, 2.75) is 39.5 Å². The lowest BCUT2D eigenvalue weighted by molar-refractivity contribution is 0.0998. The summed E-state index contributed by atoms with van der Waals surface area (Å²) in [5.74, 6) is 0. The lowest BCUT2D eigenvalue weighted by atomic mass is 10.4. The van der Waals surface area contributed by atoms with Gasteiger partial charge in [0.2, 0.25) is 0 Å². The molecule has 0 heterocycles. The second kappa shape index (κ2) is 11.9. The molecule has 0 unspecified atom stereocenters. The molecule has 0 spiro atoms. The Labute approximate surface area is 95.4 Å². The summed E-state index contributed by atoms with van der Waals surface area (Å²) < 4.78 is 16.6. The molecule has 90 valence electrons. The van der Waals surface area contributed by atoms with Crippen LogP contribution in [0.5, 0.6) is 0 Å². The molecule has 4 heteroatoms. The summed E-state index contributed by atoms with van der Waals surface area (Å²) in [6, 6.07) is 0. The van der Waals surface area contributed by atoms with Crippen LogP contribution in [0.4, 0.5) is 0 Å². The van der Waals surface area contributed by atoms with E-state index in [4.69, 9.17) is 13.3 Å². The third-order valence-corrected chi connectivity index (χ3v) is 3.33. The molecule has 0 bridgehead atoms. The molecule has 0 aromatic carbocycles. The molecule has 0 aliphatic carbocycles. The van der Waals surface area contributed by atoms with Gasteiger partial charge >= 0.3 is 9.53 Å². The highest BCUT2D eigenvalue weighted by Crippen LogP contribution is 1.98. The number of unbranched alkanes of at least 4 members (excludes halogenated alkanes) is 2. The van der Waals surface area contributed by atoms with E-state index < -0.39 is 9.53 Å². The minimum Gasteiger partial charge on any atom is -0.376 e. The van der Waals surface area contributed by atoms with Gasteiger partial charge in [-0.3, -0.25) is 0 Å². The zero-order chi connectivity index (χ0) is 11.4. The molecule has 0 saturated carbocycles. The average molecular weight is 232 g/mol. The Kier molecular flexibility index (Phi) is 11.8. The lowest BCUT2D eigenvalue weighted by Crippen LogP contribution is -2.28. The number of rotatable bonds is 11. The summed E-state index contributed by atoms with van der Waals surface area (Å²) in [6.07, 6.45) is 6.14. The first kappa shape index (κ1) is 14.8. The van der Waals surface area contributed by atoms with E-state index in [0.29, 0.717) is 6.61 Å². The van der Waals surface area contributed by atoms with E-state index in [9.17, 15) is 0 Å². The van der Waals surface area contributed by atoms with Gasteiger partial charge in [0, 0.05) is 13.2 Å². The molecule has 0 radical (unpaired) electrons. The molecular formula is C11H24O3Si. The fourth-order valence-electron chi connectivity index (χ4n) is 0.939.